The van der Waals surface area contributed by atoms with Crippen LogP contribution >= 0.6 is 23.5 Å². The van der Waals surface area contributed by atoms with Crippen molar-refractivity contribution in [3.63, 3.8) is 0 Å². The van der Waals surface area contributed by atoms with Gasteiger partial charge in [-0.05, 0) is 82.0 Å². The molecule has 2 heterocycles. The summed E-state index contributed by atoms with van der Waals surface area (Å²) < 4.78 is 23.4. The molecular weight excluding hydrogens is 1230 g/mol. The number of rotatable bonds is 36. The van der Waals surface area contributed by atoms with Crippen LogP contribution in [0.1, 0.15) is 71.4 Å². The summed E-state index contributed by atoms with van der Waals surface area (Å²) >= 11 is 2.91. The number of aliphatic hydroxyl groups excluding tert-OH is 6. The van der Waals surface area contributed by atoms with Crippen LogP contribution in [0.5, 0.6) is 0 Å². The highest BCUT2D eigenvalue weighted by Gasteiger charge is 2.57. The van der Waals surface area contributed by atoms with Gasteiger partial charge in [-0.15, -0.1) is 0 Å². The molecule has 4 amide bonds. The Hall–Kier alpha value is -6.86. The third-order valence-corrected chi connectivity index (χ3v) is 17.6. The quantitative estimate of drug-likeness (QED) is 0.0256. The van der Waals surface area contributed by atoms with Gasteiger partial charge >= 0.3 is 11.9 Å². The number of aliphatic hydroxyl groups is 6. The Morgan fingerprint density at radius 3 is 1.20 bits per heavy atom. The zero-order valence-electron chi connectivity index (χ0n) is 51.3. The van der Waals surface area contributed by atoms with E-state index in [0.29, 0.717) is 60.1 Å². The van der Waals surface area contributed by atoms with Crippen molar-refractivity contribution in [1.82, 2.24) is 31.9 Å². The van der Waals surface area contributed by atoms with E-state index < -0.39 is 109 Å². The van der Waals surface area contributed by atoms with Crippen molar-refractivity contribution in [3.05, 3.63) is 156 Å². The second-order valence-electron chi connectivity index (χ2n) is 22.5. The lowest BCUT2D eigenvalue weighted by atomic mass is 9.88. The van der Waals surface area contributed by atoms with Crippen molar-refractivity contribution in [1.29, 1.82) is 0 Å². The van der Waals surface area contributed by atoms with Crippen molar-refractivity contribution in [2.45, 2.75) is 125 Å². The summed E-state index contributed by atoms with van der Waals surface area (Å²) in [6.45, 7) is 3.08. The molecule has 0 bridgehead atoms. The smallest absolute Gasteiger partial charge is 0.364 e. The van der Waals surface area contributed by atoms with Crippen LogP contribution in [0.4, 0.5) is 0 Å². The second-order valence-corrected chi connectivity index (χ2v) is 24.9. The molecule has 2 aliphatic heterocycles. The zero-order valence-corrected chi connectivity index (χ0v) is 52.9. The van der Waals surface area contributed by atoms with Crippen LogP contribution in [0.2, 0.25) is 0 Å². The summed E-state index contributed by atoms with van der Waals surface area (Å²) in [5.41, 5.74) is 6.64. The monoisotopic (exact) mass is 1310 g/mol. The van der Waals surface area contributed by atoms with Gasteiger partial charge in [0.1, 0.15) is 24.4 Å². The lowest BCUT2D eigenvalue weighted by Crippen LogP contribution is -2.68. The van der Waals surface area contributed by atoms with Crippen LogP contribution in [0.25, 0.3) is 22.3 Å². The average molecular weight is 1310 g/mol. The Balaban J connectivity index is 0.763. The van der Waals surface area contributed by atoms with Crippen LogP contribution < -0.4 is 31.9 Å². The minimum absolute atomic E-state index is 0.131. The molecule has 0 aromatic heterocycles. The Morgan fingerprint density at radius 1 is 0.511 bits per heavy atom. The van der Waals surface area contributed by atoms with Gasteiger partial charge in [0.05, 0.1) is 49.7 Å². The number of thioether (sulfide) groups is 2. The number of benzene rings is 5. The number of ether oxygens (including phenoxy) is 4. The van der Waals surface area contributed by atoms with Crippen molar-refractivity contribution in [2.24, 2.45) is 0 Å². The number of carboxylic acids is 2. The van der Waals surface area contributed by atoms with Crippen LogP contribution in [-0.4, -0.2) is 211 Å². The van der Waals surface area contributed by atoms with Crippen LogP contribution in [0, 0.1) is 0 Å². The number of hydrogen-bond acceptors (Lipinski definition) is 20. The minimum Gasteiger partial charge on any atom is -0.477 e. The highest BCUT2D eigenvalue weighted by Crippen LogP contribution is 2.36. The SMILES string of the molecule is CC(=O)N[C@@H]1[C@@H](O)C[C@](OCCCSCCNC(=O)c2ccc(C(=O)NCCSCCCO[C@]3(C(=O)O)C[C@H](O)[C@@H](NC(C)=O)[C@H](C(O)[C@H](O)CNCc4ccc(-c5ccccc5)cc4)O3)cc2)(C(=O)O)O[C@H]1C(O)[C@H](O)CNCc1ccc(-c2ccccc2)cc1. The molecule has 2 aliphatic rings. The van der Waals surface area contributed by atoms with Gasteiger partial charge in [0, 0.05) is 88.6 Å². The highest BCUT2D eigenvalue weighted by molar-refractivity contribution is 7.99. The van der Waals surface area contributed by atoms with E-state index in [0.717, 1.165) is 33.4 Å². The molecule has 2 unspecified atom stereocenters. The molecule has 0 aliphatic carbocycles. The molecule has 498 valence electrons. The molecule has 26 heteroatoms. The number of hydrogen-bond donors (Lipinski definition) is 14. The van der Waals surface area contributed by atoms with Crippen LogP contribution in [-0.2, 0) is 51.2 Å². The zero-order chi connectivity index (χ0) is 66.2. The van der Waals surface area contributed by atoms with Gasteiger partial charge in [-0.25, -0.2) is 9.59 Å². The Labute approximate surface area is 542 Å². The van der Waals surface area contributed by atoms with Gasteiger partial charge < -0.3 is 91.7 Å². The molecular formula is C66H84N6O18S2. The van der Waals surface area contributed by atoms with E-state index in [4.69, 9.17) is 18.9 Å². The number of aliphatic carboxylic acids is 2. The number of amides is 4. The topological polar surface area (TPSA) is 373 Å². The highest BCUT2D eigenvalue weighted by atomic mass is 32.2. The lowest BCUT2D eigenvalue weighted by molar-refractivity contribution is -0.310. The summed E-state index contributed by atoms with van der Waals surface area (Å²) in [4.78, 5) is 75.6. The minimum atomic E-state index is -2.41. The summed E-state index contributed by atoms with van der Waals surface area (Å²) in [5.74, 6) is -7.90. The molecule has 24 nitrogen and oxygen atoms in total. The van der Waals surface area contributed by atoms with Gasteiger partial charge in [-0.3, -0.25) is 19.2 Å². The summed E-state index contributed by atoms with van der Waals surface area (Å²) in [6, 6.07) is 38.8. The molecule has 0 saturated carbocycles. The molecule has 5 aromatic rings. The van der Waals surface area contributed by atoms with Gasteiger partial charge in [0.25, 0.3) is 23.4 Å². The van der Waals surface area contributed by atoms with Crippen molar-refractivity contribution in [2.75, 3.05) is 62.4 Å². The van der Waals surface area contributed by atoms with Crippen molar-refractivity contribution >= 4 is 59.1 Å². The Bertz CT molecular complexity index is 2940. The van der Waals surface area contributed by atoms with Crippen molar-refractivity contribution in [3.8, 4) is 22.3 Å². The van der Waals surface area contributed by atoms with E-state index in [9.17, 15) is 69.6 Å². The fourth-order valence-electron chi connectivity index (χ4n) is 10.7. The molecule has 92 heavy (non-hydrogen) atoms. The first kappa shape index (κ1) is 72.6. The summed E-state index contributed by atoms with van der Waals surface area (Å²) in [5, 5.41) is 105. The average Bonchev–Trinajstić information content (AvgIpc) is 0.783. The van der Waals surface area contributed by atoms with E-state index in [1.165, 1.54) is 61.6 Å². The Kier molecular flexibility index (Phi) is 28.4. The molecule has 14 N–H and O–H groups in total. The van der Waals surface area contributed by atoms with Gasteiger partial charge in [-0.1, -0.05) is 109 Å². The summed E-state index contributed by atoms with van der Waals surface area (Å²) in [6.07, 6.45) is -13.3. The van der Waals surface area contributed by atoms with Gasteiger partial charge in [0.2, 0.25) is 11.8 Å². The second kappa shape index (κ2) is 36.0. The lowest BCUT2D eigenvalue weighted by Gasteiger charge is -2.46. The van der Waals surface area contributed by atoms with Crippen LogP contribution in [0.15, 0.2) is 133 Å². The number of carbonyl (C=O) groups is 6. The maximum absolute atomic E-state index is 12.9. The van der Waals surface area contributed by atoms with Gasteiger partial charge in [0.15, 0.2) is 0 Å². The number of carbonyl (C=O) groups excluding carboxylic acids is 4. The molecule has 2 fully saturated rings. The largest absolute Gasteiger partial charge is 0.477 e. The summed E-state index contributed by atoms with van der Waals surface area (Å²) in [7, 11) is 0. The fraction of sp³-hybridized carbons (Fsp3) is 0.455. The molecule has 12 atom stereocenters. The molecule has 7 rings (SSSR count). The number of nitrogens with one attached hydrogen (secondary N) is 6. The third kappa shape index (κ3) is 21.1. The predicted octanol–water partition coefficient (Wildman–Crippen LogP) is 2.65. The molecule has 2 saturated heterocycles. The first-order valence-corrected chi connectivity index (χ1v) is 32.7. The normalized spacial score (nSPS) is 22.7. The predicted molar refractivity (Wildman–Crippen MR) is 345 cm³/mol. The fourth-order valence-corrected chi connectivity index (χ4v) is 12.2. The maximum atomic E-state index is 12.9. The Morgan fingerprint density at radius 2 is 0.859 bits per heavy atom. The van der Waals surface area contributed by atoms with E-state index in [1.54, 1.807) is 0 Å². The third-order valence-electron chi connectivity index (χ3n) is 15.5. The first-order valence-electron chi connectivity index (χ1n) is 30.4. The molecule has 5 aromatic carbocycles. The van der Waals surface area contributed by atoms with E-state index in [-0.39, 0.29) is 51.2 Å². The van der Waals surface area contributed by atoms with E-state index >= 15 is 0 Å². The van der Waals surface area contributed by atoms with Gasteiger partial charge in [-0.2, -0.15) is 23.5 Å². The first-order chi connectivity index (χ1) is 44.2. The molecule has 0 spiro atoms. The maximum Gasteiger partial charge on any atom is 0.364 e. The van der Waals surface area contributed by atoms with E-state index in [1.807, 2.05) is 109 Å². The van der Waals surface area contributed by atoms with Crippen molar-refractivity contribution < 1.29 is 88.6 Å². The van der Waals surface area contributed by atoms with E-state index in [2.05, 4.69) is 31.9 Å². The molecule has 0 radical (unpaired) electrons. The van der Waals surface area contributed by atoms with Crippen LogP contribution in [0.3, 0.4) is 0 Å². The number of carboxylic acid groups (broad SMARTS) is 2. The standard InChI is InChI=1S/C66H84N6O18S2/c1-41(73)71-55-51(75)35-65(63(83)84,89-59(55)57(79)53(77)39-67-37-43-15-19-47(20-16-43)45-11-5-3-6-12-45)87-29-9-31-91-33-27-69-61(81)49-23-25-50(26-24-49)62(82)70-28-34-92-32-10-30-88-66(64(85)86)36-52(76)56(72-42(2)74)60(90-66)58(80)54(78)40-68-38-44-17-21-48(22-18-44)46-13-7-4-8-14-46/h3-8,11-26,51-60,67-68,75-80H,9-10,27-40H2,1-2H3,(H,69,81)(H,70,82)(H,71,73)(H,72,74)(H,83,84)(H,85,86)/t51-,52-,53+,54+,55+,56+,57?,58?,59+,60+,65+,66+/m0/s1.